The average Bonchev–Trinajstić information content (AvgIpc) is 3.16. The summed E-state index contributed by atoms with van der Waals surface area (Å²) in [6, 6.07) is 7.66. The highest BCUT2D eigenvalue weighted by Crippen LogP contribution is 2.20. The summed E-state index contributed by atoms with van der Waals surface area (Å²) in [6.07, 6.45) is 1.76. The van der Waals surface area contributed by atoms with E-state index in [0.29, 0.717) is 12.1 Å². The van der Waals surface area contributed by atoms with Gasteiger partial charge in [-0.15, -0.1) is 11.3 Å². The van der Waals surface area contributed by atoms with Gasteiger partial charge < -0.3 is 10.2 Å². The van der Waals surface area contributed by atoms with Gasteiger partial charge in [0.05, 0.1) is 10.7 Å². The lowest BCUT2D eigenvalue weighted by molar-refractivity contribution is -0.126. The molecule has 6 nitrogen and oxygen atoms in total. The second kappa shape index (κ2) is 10.2. The van der Waals surface area contributed by atoms with E-state index >= 15 is 0 Å². The molecule has 2 heterocycles. The molecule has 1 aliphatic heterocycles. The normalized spacial score (nSPS) is 15.4. The lowest BCUT2D eigenvalue weighted by Gasteiger charge is -2.30. The number of nitrogens with zero attached hydrogens (tertiary/aromatic N) is 3. The zero-order valence-corrected chi connectivity index (χ0v) is 19.2. The number of likely N-dealkylation sites (tertiary alicyclic amines) is 1. The Bertz CT molecular complexity index is 854. The van der Waals surface area contributed by atoms with Crippen LogP contribution in [0.1, 0.15) is 53.3 Å². The highest BCUT2D eigenvalue weighted by Gasteiger charge is 2.25. The van der Waals surface area contributed by atoms with E-state index < -0.39 is 0 Å². The molecule has 0 spiro atoms. The van der Waals surface area contributed by atoms with E-state index in [4.69, 9.17) is 0 Å². The molecule has 1 saturated heterocycles. The minimum Gasteiger partial charge on any atom is -0.352 e. The molecular weight excluding hydrogens is 396 g/mol. The summed E-state index contributed by atoms with van der Waals surface area (Å²) < 4.78 is 0. The maximum absolute atomic E-state index is 12.6. The van der Waals surface area contributed by atoms with Crippen LogP contribution in [0.4, 0.5) is 0 Å². The number of hydrogen-bond acceptors (Lipinski definition) is 5. The molecule has 0 saturated carbocycles. The highest BCUT2D eigenvalue weighted by atomic mass is 32.1. The number of piperidine rings is 1. The fraction of sp³-hybridized carbons (Fsp3) is 0.522. The molecule has 0 aliphatic carbocycles. The number of aromatic nitrogens is 1. The molecule has 2 amide bonds. The van der Waals surface area contributed by atoms with Gasteiger partial charge in [0.15, 0.2) is 0 Å². The van der Waals surface area contributed by atoms with E-state index in [-0.39, 0.29) is 23.8 Å². The van der Waals surface area contributed by atoms with Crippen LogP contribution in [0.25, 0.3) is 0 Å². The number of carbonyl (C=O) groups is 2. The smallest absolute Gasteiger partial charge is 0.253 e. The third kappa shape index (κ3) is 5.89. The zero-order chi connectivity index (χ0) is 21.7. The van der Waals surface area contributed by atoms with Crippen molar-refractivity contribution in [3.05, 3.63) is 51.5 Å². The minimum absolute atomic E-state index is 0.0140. The average molecular weight is 429 g/mol. The van der Waals surface area contributed by atoms with Crippen molar-refractivity contribution in [1.82, 2.24) is 20.1 Å². The van der Waals surface area contributed by atoms with Crippen LogP contribution < -0.4 is 5.32 Å². The van der Waals surface area contributed by atoms with Crippen LogP contribution in [-0.2, 0) is 17.9 Å². The number of carbonyl (C=O) groups excluding carboxylic acids is 2. The summed E-state index contributed by atoms with van der Waals surface area (Å²) >= 11 is 1.68. The Balaban J connectivity index is 1.43. The first-order valence-corrected chi connectivity index (χ1v) is 11.5. The van der Waals surface area contributed by atoms with Crippen molar-refractivity contribution in [2.24, 2.45) is 5.92 Å². The molecule has 162 valence electrons. The Kier molecular flexibility index (Phi) is 7.61. The van der Waals surface area contributed by atoms with Gasteiger partial charge in [0.1, 0.15) is 0 Å². The topological polar surface area (TPSA) is 65.5 Å². The molecule has 3 rings (SSSR count). The van der Waals surface area contributed by atoms with E-state index in [1.807, 2.05) is 52.1 Å². The van der Waals surface area contributed by atoms with Crippen LogP contribution in [0.5, 0.6) is 0 Å². The number of hydrogen-bond donors (Lipinski definition) is 1. The molecule has 2 aromatic rings. The fourth-order valence-electron chi connectivity index (χ4n) is 3.60. The van der Waals surface area contributed by atoms with E-state index in [9.17, 15) is 9.59 Å². The van der Waals surface area contributed by atoms with Crippen molar-refractivity contribution in [3.63, 3.8) is 0 Å². The summed E-state index contributed by atoms with van der Waals surface area (Å²) in [6.45, 7) is 9.23. The molecule has 0 atom stereocenters. The van der Waals surface area contributed by atoms with Gasteiger partial charge in [-0.2, -0.15) is 0 Å². The molecule has 0 radical (unpaired) electrons. The van der Waals surface area contributed by atoms with Crippen molar-refractivity contribution >= 4 is 23.2 Å². The Hall–Kier alpha value is -2.25. The van der Waals surface area contributed by atoms with E-state index in [1.54, 1.807) is 16.2 Å². The number of nitrogens with one attached hydrogen (secondary N) is 1. The first kappa shape index (κ1) is 22.4. The minimum atomic E-state index is 0.0140. The molecule has 7 heteroatoms. The summed E-state index contributed by atoms with van der Waals surface area (Å²) in [7, 11) is 1.81. The molecule has 0 bridgehead atoms. The van der Waals surface area contributed by atoms with Gasteiger partial charge in [0, 0.05) is 43.0 Å². The predicted octanol–water partition coefficient (Wildman–Crippen LogP) is 3.46. The number of benzene rings is 1. The molecule has 1 aromatic carbocycles. The summed E-state index contributed by atoms with van der Waals surface area (Å²) in [5.41, 5.74) is 2.80. The molecular formula is C23H32N4O2S. The molecule has 1 aromatic heterocycles. The second-order valence-corrected chi connectivity index (χ2v) is 9.40. The monoisotopic (exact) mass is 428 g/mol. The van der Waals surface area contributed by atoms with Crippen LogP contribution in [-0.4, -0.2) is 52.8 Å². The van der Waals surface area contributed by atoms with Crippen LogP contribution in [0.3, 0.4) is 0 Å². The molecule has 1 fully saturated rings. The molecule has 1 aliphatic rings. The van der Waals surface area contributed by atoms with E-state index in [1.165, 1.54) is 0 Å². The highest BCUT2D eigenvalue weighted by molar-refractivity contribution is 7.09. The van der Waals surface area contributed by atoms with Crippen molar-refractivity contribution < 1.29 is 9.59 Å². The van der Waals surface area contributed by atoms with Crippen LogP contribution in [0, 0.1) is 12.8 Å². The summed E-state index contributed by atoms with van der Waals surface area (Å²) in [5.74, 6) is 0.206. The second-order valence-electron chi connectivity index (χ2n) is 8.33. The van der Waals surface area contributed by atoms with Crippen LogP contribution in [0.2, 0.25) is 0 Å². The summed E-state index contributed by atoms with van der Waals surface area (Å²) in [4.78, 5) is 33.6. The van der Waals surface area contributed by atoms with Gasteiger partial charge in [-0.05, 0) is 64.4 Å². The van der Waals surface area contributed by atoms with Crippen LogP contribution >= 0.6 is 11.3 Å². The lowest BCUT2D eigenvalue weighted by Crippen LogP contribution is -2.40. The number of aryl methyl sites for hydroxylation is 1. The first-order chi connectivity index (χ1) is 14.3. The first-order valence-electron chi connectivity index (χ1n) is 10.6. The predicted molar refractivity (Wildman–Crippen MR) is 120 cm³/mol. The van der Waals surface area contributed by atoms with Crippen molar-refractivity contribution in [2.75, 3.05) is 20.1 Å². The van der Waals surface area contributed by atoms with E-state index in [0.717, 1.165) is 48.7 Å². The van der Waals surface area contributed by atoms with Gasteiger partial charge in [0.2, 0.25) is 5.91 Å². The summed E-state index contributed by atoms with van der Waals surface area (Å²) in [5, 5.41) is 6.28. The Labute approximate surface area is 183 Å². The maximum Gasteiger partial charge on any atom is 0.253 e. The molecule has 1 N–H and O–H groups in total. The molecule has 0 unspecified atom stereocenters. The van der Waals surface area contributed by atoms with Gasteiger partial charge >= 0.3 is 0 Å². The van der Waals surface area contributed by atoms with Crippen LogP contribution in [0.15, 0.2) is 29.6 Å². The van der Waals surface area contributed by atoms with Crippen molar-refractivity contribution in [1.29, 1.82) is 0 Å². The van der Waals surface area contributed by atoms with Crippen molar-refractivity contribution in [2.45, 2.75) is 52.7 Å². The molecule has 30 heavy (non-hydrogen) atoms. The Morgan fingerprint density at radius 2 is 1.90 bits per heavy atom. The van der Waals surface area contributed by atoms with Gasteiger partial charge in [0.25, 0.3) is 5.91 Å². The van der Waals surface area contributed by atoms with Gasteiger partial charge in [-0.25, -0.2) is 4.98 Å². The van der Waals surface area contributed by atoms with Crippen molar-refractivity contribution in [3.8, 4) is 0 Å². The largest absolute Gasteiger partial charge is 0.352 e. The number of rotatable bonds is 7. The third-order valence-electron chi connectivity index (χ3n) is 5.77. The fourth-order valence-corrected chi connectivity index (χ4v) is 4.20. The standard InChI is InChI=1S/C23H32N4O2S/c1-16(2)26(4)23(29)20-7-5-18(6-8-20)13-24-22(28)19-9-11-27(12-10-19)14-21-15-30-17(3)25-21/h5-8,15-16,19H,9-14H2,1-4H3,(H,24,28). The third-order valence-corrected chi connectivity index (χ3v) is 6.60. The quantitative estimate of drug-likeness (QED) is 0.733. The number of thiazole rings is 1. The maximum atomic E-state index is 12.6. The Morgan fingerprint density at radius 1 is 1.23 bits per heavy atom. The zero-order valence-electron chi connectivity index (χ0n) is 18.4. The SMILES string of the molecule is Cc1nc(CN2CCC(C(=O)NCc3ccc(C(=O)N(C)C(C)C)cc3)CC2)cs1. The Morgan fingerprint density at radius 3 is 2.47 bits per heavy atom. The van der Waals surface area contributed by atoms with Gasteiger partial charge in [-0.3, -0.25) is 14.5 Å². The number of amides is 2. The van der Waals surface area contributed by atoms with Gasteiger partial charge in [-0.1, -0.05) is 12.1 Å². The van der Waals surface area contributed by atoms with E-state index in [2.05, 4.69) is 20.6 Å². The lowest BCUT2D eigenvalue weighted by atomic mass is 9.95.